The molecule has 3 heteroatoms. The van der Waals surface area contributed by atoms with Crippen LogP contribution in [0.3, 0.4) is 0 Å². The second-order valence-electron chi connectivity index (χ2n) is 4.05. The quantitative estimate of drug-likeness (QED) is 0.234. The molecule has 1 aliphatic rings. The van der Waals surface area contributed by atoms with Gasteiger partial charge in [-0.1, -0.05) is 55.0 Å². The van der Waals surface area contributed by atoms with E-state index in [2.05, 4.69) is 48.6 Å². The van der Waals surface area contributed by atoms with Crippen LogP contribution in [-0.2, 0) is 9.47 Å². The van der Waals surface area contributed by atoms with Gasteiger partial charge < -0.3 is 9.47 Å². The molecule has 88 valence electrons. The Hall–Kier alpha value is 0.390. The molecule has 15 heavy (non-hydrogen) atoms. The van der Waals surface area contributed by atoms with Crippen molar-refractivity contribution >= 4 is 22.6 Å². The average Bonchev–Trinajstić information content (AvgIpc) is 2.63. The zero-order valence-electron chi connectivity index (χ0n) is 9.62. The summed E-state index contributed by atoms with van der Waals surface area (Å²) < 4.78 is 12.5. The molecule has 0 aliphatic heterocycles. The third kappa shape index (κ3) is 4.83. The van der Waals surface area contributed by atoms with Crippen LogP contribution in [0.2, 0.25) is 0 Å². The van der Waals surface area contributed by atoms with Gasteiger partial charge in [-0.15, -0.1) is 0 Å². The molecule has 0 heterocycles. The van der Waals surface area contributed by atoms with Gasteiger partial charge in [-0.3, -0.25) is 0 Å². The van der Waals surface area contributed by atoms with Crippen LogP contribution in [0.15, 0.2) is 12.2 Å². The summed E-state index contributed by atoms with van der Waals surface area (Å²) in [5.41, 5.74) is 0. The molecular weight excluding hydrogens is 303 g/mol. The smallest absolute Gasteiger partial charge is 0.167 e. The highest BCUT2D eigenvalue weighted by Gasteiger charge is 2.22. The fourth-order valence-corrected chi connectivity index (χ4v) is 2.05. The van der Waals surface area contributed by atoms with Gasteiger partial charge in [0.25, 0.3) is 0 Å². The summed E-state index contributed by atoms with van der Waals surface area (Å²) in [6, 6.07) is 0. The Labute approximate surface area is 107 Å². The highest BCUT2D eigenvalue weighted by Crippen LogP contribution is 2.22. The summed E-state index contributed by atoms with van der Waals surface area (Å²) in [6.07, 6.45) is 8.01. The lowest BCUT2D eigenvalue weighted by molar-refractivity contribution is -0.152. The molecular formula is C12H21IO2. The third-order valence-electron chi connectivity index (χ3n) is 2.63. The number of halogens is 1. The molecule has 1 aliphatic carbocycles. The summed E-state index contributed by atoms with van der Waals surface area (Å²) in [7, 11) is 0. The van der Waals surface area contributed by atoms with E-state index in [1.807, 2.05) is 0 Å². The molecule has 0 aromatic heterocycles. The molecule has 0 radical (unpaired) electrons. The van der Waals surface area contributed by atoms with E-state index in [4.69, 9.17) is 9.47 Å². The molecule has 3 unspecified atom stereocenters. The highest BCUT2D eigenvalue weighted by atomic mass is 127. The number of ether oxygens (including phenoxy) is 2. The fraction of sp³-hybridized carbons (Fsp3) is 0.833. The standard InChI is InChI=1S/C12H21IO2/c1-3-4-8-14-12(9-13)15-11-7-5-6-10(11)2/h5,7,10-12H,3-4,6,8-9H2,1-2H3. The Bertz CT molecular complexity index is 194. The van der Waals surface area contributed by atoms with Crippen LogP contribution in [0.5, 0.6) is 0 Å². The van der Waals surface area contributed by atoms with Crippen molar-refractivity contribution in [1.82, 2.24) is 0 Å². The molecule has 0 saturated carbocycles. The van der Waals surface area contributed by atoms with Crippen molar-refractivity contribution in [1.29, 1.82) is 0 Å². The van der Waals surface area contributed by atoms with Crippen molar-refractivity contribution in [2.45, 2.75) is 45.5 Å². The van der Waals surface area contributed by atoms with Crippen LogP contribution in [0.25, 0.3) is 0 Å². The molecule has 0 spiro atoms. The lowest BCUT2D eigenvalue weighted by Crippen LogP contribution is -2.27. The second kappa shape index (κ2) is 7.63. The van der Waals surface area contributed by atoms with Gasteiger partial charge in [-0.05, 0) is 18.8 Å². The van der Waals surface area contributed by atoms with Crippen molar-refractivity contribution < 1.29 is 9.47 Å². The van der Waals surface area contributed by atoms with Crippen LogP contribution < -0.4 is 0 Å². The highest BCUT2D eigenvalue weighted by molar-refractivity contribution is 14.1. The molecule has 0 amide bonds. The molecule has 0 fully saturated rings. The Morgan fingerprint density at radius 2 is 2.33 bits per heavy atom. The second-order valence-corrected chi connectivity index (χ2v) is 4.93. The number of hydrogen-bond donors (Lipinski definition) is 0. The van der Waals surface area contributed by atoms with E-state index in [0.29, 0.717) is 5.92 Å². The van der Waals surface area contributed by atoms with Crippen LogP contribution >= 0.6 is 22.6 Å². The zero-order valence-corrected chi connectivity index (χ0v) is 11.8. The Morgan fingerprint density at radius 3 is 2.87 bits per heavy atom. The Balaban J connectivity index is 2.23. The van der Waals surface area contributed by atoms with Crippen LogP contribution in [-0.4, -0.2) is 23.4 Å². The number of rotatable bonds is 7. The first-order valence-electron chi connectivity index (χ1n) is 5.77. The van der Waals surface area contributed by atoms with Crippen LogP contribution in [0.4, 0.5) is 0 Å². The predicted octanol–water partition coefficient (Wildman–Crippen LogP) is 3.55. The summed E-state index contributed by atoms with van der Waals surface area (Å²) >= 11 is 2.32. The minimum atomic E-state index is -0.0349. The lowest BCUT2D eigenvalue weighted by Gasteiger charge is -2.22. The van der Waals surface area contributed by atoms with E-state index >= 15 is 0 Å². The first kappa shape index (κ1) is 13.5. The molecule has 2 nitrogen and oxygen atoms in total. The summed E-state index contributed by atoms with van der Waals surface area (Å²) in [5, 5.41) is 0. The minimum Gasteiger partial charge on any atom is -0.352 e. The number of allylic oxidation sites excluding steroid dienone is 1. The van der Waals surface area contributed by atoms with Gasteiger partial charge in [0, 0.05) is 6.61 Å². The monoisotopic (exact) mass is 324 g/mol. The van der Waals surface area contributed by atoms with Gasteiger partial charge in [-0.2, -0.15) is 0 Å². The molecule has 0 saturated heterocycles. The Kier molecular flexibility index (Phi) is 6.84. The van der Waals surface area contributed by atoms with E-state index in [9.17, 15) is 0 Å². The third-order valence-corrected chi connectivity index (χ3v) is 3.35. The van der Waals surface area contributed by atoms with E-state index < -0.39 is 0 Å². The summed E-state index contributed by atoms with van der Waals surface area (Å²) in [4.78, 5) is 0. The first-order valence-corrected chi connectivity index (χ1v) is 7.30. The van der Waals surface area contributed by atoms with Gasteiger partial charge in [0.05, 0.1) is 10.5 Å². The van der Waals surface area contributed by atoms with E-state index in [1.54, 1.807) is 0 Å². The molecule has 0 N–H and O–H groups in total. The average molecular weight is 324 g/mol. The van der Waals surface area contributed by atoms with E-state index in [-0.39, 0.29) is 12.4 Å². The molecule has 0 aromatic carbocycles. The lowest BCUT2D eigenvalue weighted by atomic mass is 10.1. The zero-order chi connectivity index (χ0) is 11.1. The van der Waals surface area contributed by atoms with Gasteiger partial charge in [0.2, 0.25) is 0 Å². The van der Waals surface area contributed by atoms with Gasteiger partial charge in [0.15, 0.2) is 6.29 Å². The van der Waals surface area contributed by atoms with Crippen molar-refractivity contribution in [2.75, 3.05) is 11.0 Å². The van der Waals surface area contributed by atoms with Gasteiger partial charge in [0.1, 0.15) is 0 Å². The molecule has 3 atom stereocenters. The maximum absolute atomic E-state index is 5.90. The molecule has 1 rings (SSSR count). The number of unbranched alkanes of at least 4 members (excludes halogenated alkanes) is 1. The summed E-state index contributed by atoms with van der Waals surface area (Å²) in [6.45, 7) is 5.21. The SMILES string of the molecule is CCCCOC(CI)OC1C=CCC1C. The maximum atomic E-state index is 5.90. The van der Waals surface area contributed by atoms with Crippen molar-refractivity contribution in [3.8, 4) is 0 Å². The molecule has 0 bridgehead atoms. The van der Waals surface area contributed by atoms with Gasteiger partial charge in [-0.25, -0.2) is 0 Å². The Morgan fingerprint density at radius 1 is 1.53 bits per heavy atom. The fourth-order valence-electron chi connectivity index (χ4n) is 1.59. The minimum absolute atomic E-state index is 0.0349. The number of hydrogen-bond acceptors (Lipinski definition) is 2. The number of alkyl halides is 1. The van der Waals surface area contributed by atoms with Crippen molar-refractivity contribution in [3.63, 3.8) is 0 Å². The van der Waals surface area contributed by atoms with Crippen LogP contribution in [0, 0.1) is 5.92 Å². The summed E-state index contributed by atoms with van der Waals surface area (Å²) in [5.74, 6) is 0.602. The predicted molar refractivity (Wildman–Crippen MR) is 71.3 cm³/mol. The normalized spacial score (nSPS) is 27.1. The van der Waals surface area contributed by atoms with Crippen molar-refractivity contribution in [2.24, 2.45) is 5.92 Å². The van der Waals surface area contributed by atoms with E-state index in [1.165, 1.54) is 6.42 Å². The molecule has 0 aromatic rings. The van der Waals surface area contributed by atoms with Gasteiger partial charge >= 0.3 is 0 Å². The first-order chi connectivity index (χ1) is 7.27. The largest absolute Gasteiger partial charge is 0.352 e. The topological polar surface area (TPSA) is 18.5 Å². The van der Waals surface area contributed by atoms with Crippen LogP contribution in [0.1, 0.15) is 33.1 Å². The maximum Gasteiger partial charge on any atom is 0.167 e. The van der Waals surface area contributed by atoms with E-state index in [0.717, 1.165) is 23.9 Å². The van der Waals surface area contributed by atoms with Crippen molar-refractivity contribution in [3.05, 3.63) is 12.2 Å².